The van der Waals surface area contributed by atoms with Gasteiger partial charge in [0.25, 0.3) is 0 Å². The van der Waals surface area contributed by atoms with Crippen molar-refractivity contribution >= 4 is 5.91 Å². The van der Waals surface area contributed by atoms with Crippen molar-refractivity contribution in [1.82, 2.24) is 10.2 Å². The molecule has 0 saturated carbocycles. The summed E-state index contributed by atoms with van der Waals surface area (Å²) in [4.78, 5) is 14.2. The van der Waals surface area contributed by atoms with Crippen molar-refractivity contribution in [3.05, 3.63) is 0 Å². The minimum atomic E-state index is 0.211. The van der Waals surface area contributed by atoms with Gasteiger partial charge < -0.3 is 15.0 Å². The van der Waals surface area contributed by atoms with Crippen molar-refractivity contribution in [1.29, 1.82) is 0 Å². The van der Waals surface area contributed by atoms with Gasteiger partial charge in [-0.05, 0) is 25.8 Å². The van der Waals surface area contributed by atoms with Crippen molar-refractivity contribution in [2.45, 2.75) is 25.3 Å². The standard InChI is InChI=1S/C11H20N2O2/c1-15-8-10-3-2-6-13(10)11(14)9-4-5-12-7-9/h9-10,12H,2-8H2,1H3/t9-,10-/m1/s1. The third-order valence-electron chi connectivity index (χ3n) is 3.43. The van der Waals surface area contributed by atoms with E-state index in [0.717, 1.165) is 38.9 Å². The lowest BCUT2D eigenvalue weighted by Gasteiger charge is -2.26. The van der Waals surface area contributed by atoms with Crippen LogP contribution in [0, 0.1) is 5.92 Å². The number of hydrogen-bond acceptors (Lipinski definition) is 3. The van der Waals surface area contributed by atoms with Crippen molar-refractivity contribution in [3.63, 3.8) is 0 Å². The molecular weight excluding hydrogens is 192 g/mol. The molecule has 0 bridgehead atoms. The van der Waals surface area contributed by atoms with E-state index in [2.05, 4.69) is 5.32 Å². The predicted octanol–water partition coefficient (Wildman–Crippen LogP) is 0.233. The molecule has 2 aliphatic rings. The summed E-state index contributed by atoms with van der Waals surface area (Å²) in [5.41, 5.74) is 0. The molecule has 0 unspecified atom stereocenters. The fraction of sp³-hybridized carbons (Fsp3) is 0.909. The summed E-state index contributed by atoms with van der Waals surface area (Å²) in [6, 6.07) is 0.322. The van der Waals surface area contributed by atoms with Gasteiger partial charge in [-0.2, -0.15) is 0 Å². The van der Waals surface area contributed by atoms with Crippen LogP contribution in [0.2, 0.25) is 0 Å². The Hall–Kier alpha value is -0.610. The third-order valence-corrected chi connectivity index (χ3v) is 3.43. The molecule has 2 atom stereocenters. The van der Waals surface area contributed by atoms with Gasteiger partial charge in [0.15, 0.2) is 0 Å². The van der Waals surface area contributed by atoms with E-state index in [1.54, 1.807) is 7.11 Å². The number of ether oxygens (including phenoxy) is 1. The summed E-state index contributed by atoms with van der Waals surface area (Å²) < 4.78 is 5.16. The highest BCUT2D eigenvalue weighted by molar-refractivity contribution is 5.80. The highest BCUT2D eigenvalue weighted by atomic mass is 16.5. The Bertz CT molecular complexity index is 227. The number of nitrogens with one attached hydrogen (secondary N) is 1. The van der Waals surface area contributed by atoms with Crippen LogP contribution in [0.25, 0.3) is 0 Å². The Kier molecular flexibility index (Phi) is 3.59. The Morgan fingerprint density at radius 1 is 1.53 bits per heavy atom. The van der Waals surface area contributed by atoms with Crippen molar-refractivity contribution < 1.29 is 9.53 Å². The van der Waals surface area contributed by atoms with Crippen LogP contribution in [0.1, 0.15) is 19.3 Å². The molecule has 15 heavy (non-hydrogen) atoms. The lowest BCUT2D eigenvalue weighted by molar-refractivity contribution is -0.136. The number of nitrogens with zero attached hydrogens (tertiary/aromatic N) is 1. The molecule has 2 saturated heterocycles. The second kappa shape index (κ2) is 4.94. The smallest absolute Gasteiger partial charge is 0.227 e. The van der Waals surface area contributed by atoms with Gasteiger partial charge in [0, 0.05) is 20.2 Å². The summed E-state index contributed by atoms with van der Waals surface area (Å²) in [7, 11) is 1.71. The zero-order valence-electron chi connectivity index (χ0n) is 9.37. The van der Waals surface area contributed by atoms with Crippen LogP contribution >= 0.6 is 0 Å². The molecule has 2 aliphatic heterocycles. The van der Waals surface area contributed by atoms with Gasteiger partial charge in [-0.3, -0.25) is 4.79 Å². The molecule has 1 amide bonds. The Balaban J connectivity index is 1.92. The molecule has 2 rings (SSSR count). The summed E-state index contributed by atoms with van der Waals surface area (Å²) >= 11 is 0. The van der Waals surface area contributed by atoms with Gasteiger partial charge in [0.1, 0.15) is 0 Å². The normalized spacial score (nSPS) is 31.1. The SMILES string of the molecule is COC[C@H]1CCCN1C(=O)[C@@H]1CCNC1. The fourth-order valence-electron chi connectivity index (χ4n) is 2.59. The predicted molar refractivity (Wildman–Crippen MR) is 57.6 cm³/mol. The molecule has 4 nitrogen and oxygen atoms in total. The van der Waals surface area contributed by atoms with E-state index in [0.29, 0.717) is 18.6 Å². The molecule has 0 radical (unpaired) electrons. The lowest BCUT2D eigenvalue weighted by Crippen LogP contribution is -2.42. The van der Waals surface area contributed by atoms with Crippen LogP contribution in [0.5, 0.6) is 0 Å². The van der Waals surface area contributed by atoms with E-state index < -0.39 is 0 Å². The van der Waals surface area contributed by atoms with Gasteiger partial charge in [-0.15, -0.1) is 0 Å². The van der Waals surface area contributed by atoms with E-state index in [-0.39, 0.29) is 5.92 Å². The maximum Gasteiger partial charge on any atom is 0.227 e. The van der Waals surface area contributed by atoms with Crippen LogP contribution in [-0.4, -0.2) is 50.2 Å². The number of carbonyl (C=O) groups excluding carboxylic acids is 1. The monoisotopic (exact) mass is 212 g/mol. The number of methoxy groups -OCH3 is 1. The highest BCUT2D eigenvalue weighted by Crippen LogP contribution is 2.22. The van der Waals surface area contributed by atoms with E-state index in [1.165, 1.54) is 0 Å². The minimum absolute atomic E-state index is 0.211. The van der Waals surface area contributed by atoms with Gasteiger partial charge in [-0.25, -0.2) is 0 Å². The zero-order valence-corrected chi connectivity index (χ0v) is 9.37. The van der Waals surface area contributed by atoms with E-state index in [1.807, 2.05) is 4.90 Å². The quantitative estimate of drug-likeness (QED) is 0.728. The number of rotatable bonds is 3. The molecule has 4 heteroatoms. The van der Waals surface area contributed by atoms with E-state index in [9.17, 15) is 4.79 Å². The number of hydrogen-bond donors (Lipinski definition) is 1. The minimum Gasteiger partial charge on any atom is -0.383 e. The molecule has 2 fully saturated rings. The first kappa shape index (κ1) is 10.9. The summed E-state index contributed by atoms with van der Waals surface area (Å²) in [6.07, 6.45) is 3.22. The molecule has 1 N–H and O–H groups in total. The number of carbonyl (C=O) groups is 1. The van der Waals surface area contributed by atoms with Crippen LogP contribution in [0.15, 0.2) is 0 Å². The Labute approximate surface area is 91.0 Å². The average Bonchev–Trinajstić information content (AvgIpc) is 2.87. The molecule has 0 aromatic rings. The highest BCUT2D eigenvalue weighted by Gasteiger charge is 2.33. The van der Waals surface area contributed by atoms with E-state index >= 15 is 0 Å². The molecule has 0 aliphatic carbocycles. The summed E-state index contributed by atoms with van der Waals surface area (Å²) in [5, 5.41) is 3.24. The Morgan fingerprint density at radius 2 is 2.40 bits per heavy atom. The first-order valence-electron chi connectivity index (χ1n) is 5.83. The molecular formula is C11H20N2O2. The Morgan fingerprint density at radius 3 is 3.07 bits per heavy atom. The first-order chi connectivity index (χ1) is 7.33. The number of amides is 1. The maximum atomic E-state index is 12.2. The average molecular weight is 212 g/mol. The zero-order chi connectivity index (χ0) is 10.7. The van der Waals surface area contributed by atoms with Crippen molar-refractivity contribution in [3.8, 4) is 0 Å². The van der Waals surface area contributed by atoms with Crippen molar-refractivity contribution in [2.24, 2.45) is 5.92 Å². The summed E-state index contributed by atoms with van der Waals surface area (Å²) in [5.74, 6) is 0.544. The van der Waals surface area contributed by atoms with Crippen LogP contribution < -0.4 is 5.32 Å². The fourth-order valence-corrected chi connectivity index (χ4v) is 2.59. The van der Waals surface area contributed by atoms with Gasteiger partial charge >= 0.3 is 0 Å². The van der Waals surface area contributed by atoms with E-state index in [4.69, 9.17) is 4.74 Å². The van der Waals surface area contributed by atoms with Gasteiger partial charge in [0.05, 0.1) is 18.6 Å². The van der Waals surface area contributed by atoms with Crippen molar-refractivity contribution in [2.75, 3.05) is 33.4 Å². The largest absolute Gasteiger partial charge is 0.383 e. The topological polar surface area (TPSA) is 41.6 Å². The molecule has 0 aromatic carbocycles. The number of likely N-dealkylation sites (tertiary alicyclic amines) is 1. The molecule has 0 spiro atoms. The van der Waals surface area contributed by atoms with Gasteiger partial charge in [-0.1, -0.05) is 0 Å². The lowest BCUT2D eigenvalue weighted by atomic mass is 10.1. The molecule has 86 valence electrons. The van der Waals surface area contributed by atoms with Crippen LogP contribution in [0.4, 0.5) is 0 Å². The summed E-state index contributed by atoms with van der Waals surface area (Å²) in [6.45, 7) is 3.45. The maximum absolute atomic E-state index is 12.2. The first-order valence-corrected chi connectivity index (χ1v) is 5.83. The molecule has 2 heterocycles. The molecule has 0 aromatic heterocycles. The third kappa shape index (κ3) is 2.32. The van der Waals surface area contributed by atoms with Gasteiger partial charge in [0.2, 0.25) is 5.91 Å². The second-order valence-corrected chi connectivity index (χ2v) is 4.47. The second-order valence-electron chi connectivity index (χ2n) is 4.47. The van der Waals surface area contributed by atoms with Crippen LogP contribution in [-0.2, 0) is 9.53 Å². The van der Waals surface area contributed by atoms with Crippen LogP contribution in [0.3, 0.4) is 0 Å².